The first kappa shape index (κ1) is 18.2. The van der Waals surface area contributed by atoms with E-state index >= 15 is 0 Å². The first-order chi connectivity index (χ1) is 12.0. The van der Waals surface area contributed by atoms with Crippen LogP contribution >= 0.6 is 0 Å². The molecule has 0 aliphatic rings. The minimum Gasteiger partial charge on any atom is -0.451 e. The first-order valence-electron chi connectivity index (χ1n) is 7.86. The van der Waals surface area contributed by atoms with Crippen molar-refractivity contribution in [2.75, 3.05) is 13.2 Å². The molecule has 0 aliphatic carbocycles. The number of likely N-dealkylation sites (N-methyl/N-ethyl adjacent to an activating group) is 1. The Kier molecular flexibility index (Phi) is 6.27. The van der Waals surface area contributed by atoms with Gasteiger partial charge in [0.1, 0.15) is 11.7 Å². The lowest BCUT2D eigenvalue weighted by atomic mass is 10.1. The number of carbonyl (C=O) groups is 3. The van der Waals surface area contributed by atoms with E-state index in [1.165, 1.54) is 0 Å². The van der Waals surface area contributed by atoms with E-state index in [1.54, 1.807) is 19.9 Å². The number of aromatic amines is 1. The molecular formula is C17H20N4O4. The number of nitrogens with zero attached hydrogens (tertiary/aromatic N) is 1. The van der Waals surface area contributed by atoms with Gasteiger partial charge in [0.2, 0.25) is 5.91 Å². The summed E-state index contributed by atoms with van der Waals surface area (Å²) >= 11 is 0. The van der Waals surface area contributed by atoms with Crippen LogP contribution in [0.2, 0.25) is 0 Å². The highest BCUT2D eigenvalue weighted by Gasteiger charge is 2.17. The number of hydrogen-bond donors (Lipinski definition) is 3. The second kappa shape index (κ2) is 8.62. The minimum atomic E-state index is -0.706. The van der Waals surface area contributed by atoms with E-state index < -0.39 is 24.5 Å². The van der Waals surface area contributed by atoms with Crippen molar-refractivity contribution < 1.29 is 19.1 Å². The van der Waals surface area contributed by atoms with E-state index in [1.807, 2.05) is 30.3 Å². The molecule has 8 heteroatoms. The smallest absolute Gasteiger partial charge is 0.356 e. The van der Waals surface area contributed by atoms with Crippen LogP contribution in [0, 0.1) is 0 Å². The van der Waals surface area contributed by atoms with Gasteiger partial charge in [-0.25, -0.2) is 4.79 Å². The summed E-state index contributed by atoms with van der Waals surface area (Å²) in [4.78, 5) is 35.2. The molecule has 8 nitrogen and oxygen atoms in total. The van der Waals surface area contributed by atoms with Gasteiger partial charge in [0.25, 0.3) is 5.91 Å². The summed E-state index contributed by atoms with van der Waals surface area (Å²) < 4.78 is 4.93. The van der Waals surface area contributed by atoms with Crippen molar-refractivity contribution in [3.63, 3.8) is 0 Å². The molecule has 1 aromatic carbocycles. The normalized spacial score (nSPS) is 11.4. The molecule has 3 N–H and O–H groups in total. The Morgan fingerprint density at radius 2 is 1.96 bits per heavy atom. The fourth-order valence-corrected chi connectivity index (χ4v) is 2.07. The zero-order valence-electron chi connectivity index (χ0n) is 14.0. The predicted molar refractivity (Wildman–Crippen MR) is 90.6 cm³/mol. The number of amides is 2. The molecule has 1 aromatic heterocycles. The van der Waals surface area contributed by atoms with Gasteiger partial charge in [0.05, 0.1) is 5.69 Å². The molecule has 0 spiro atoms. The summed E-state index contributed by atoms with van der Waals surface area (Å²) in [6, 6.07) is 10.2. The molecule has 1 heterocycles. The van der Waals surface area contributed by atoms with Gasteiger partial charge < -0.3 is 15.4 Å². The number of esters is 1. The first-order valence-corrected chi connectivity index (χ1v) is 7.86. The van der Waals surface area contributed by atoms with E-state index in [2.05, 4.69) is 20.8 Å². The van der Waals surface area contributed by atoms with Crippen molar-refractivity contribution in [2.45, 2.75) is 19.9 Å². The third kappa shape index (κ3) is 5.17. The van der Waals surface area contributed by atoms with Gasteiger partial charge in [-0.05, 0) is 19.9 Å². The fourth-order valence-electron chi connectivity index (χ4n) is 2.07. The molecule has 2 rings (SSSR count). The Balaban J connectivity index is 1.85. The summed E-state index contributed by atoms with van der Waals surface area (Å²) in [5.41, 5.74) is 1.59. The van der Waals surface area contributed by atoms with E-state index in [9.17, 15) is 14.4 Å². The lowest BCUT2D eigenvalue weighted by Gasteiger charge is -2.13. The summed E-state index contributed by atoms with van der Waals surface area (Å²) in [5, 5.41) is 11.7. The SMILES string of the molecule is CCNC(=O)[C@@H](C)NC(=O)COC(=O)c1cc(-c2ccccc2)n[nH]1. The molecule has 1 atom stereocenters. The van der Waals surface area contributed by atoms with E-state index in [-0.39, 0.29) is 11.6 Å². The Hall–Kier alpha value is -3.16. The van der Waals surface area contributed by atoms with E-state index in [4.69, 9.17) is 4.74 Å². The van der Waals surface area contributed by atoms with Crippen molar-refractivity contribution in [1.29, 1.82) is 0 Å². The van der Waals surface area contributed by atoms with Gasteiger partial charge >= 0.3 is 5.97 Å². The van der Waals surface area contributed by atoms with Gasteiger partial charge in [-0.3, -0.25) is 14.7 Å². The van der Waals surface area contributed by atoms with Gasteiger partial charge in [-0.15, -0.1) is 0 Å². The number of nitrogens with one attached hydrogen (secondary N) is 3. The molecule has 0 fully saturated rings. The number of carbonyl (C=O) groups excluding carboxylic acids is 3. The topological polar surface area (TPSA) is 113 Å². The van der Waals surface area contributed by atoms with Gasteiger partial charge in [0, 0.05) is 12.1 Å². The zero-order valence-corrected chi connectivity index (χ0v) is 14.0. The molecule has 0 bridgehead atoms. The predicted octanol–water partition coefficient (Wildman–Crippen LogP) is 0.874. The number of benzene rings is 1. The Bertz CT molecular complexity index is 742. The summed E-state index contributed by atoms with van der Waals surface area (Å²) in [7, 11) is 0. The third-order valence-electron chi connectivity index (χ3n) is 3.32. The zero-order chi connectivity index (χ0) is 18.2. The molecular weight excluding hydrogens is 324 g/mol. The largest absolute Gasteiger partial charge is 0.451 e. The lowest BCUT2D eigenvalue weighted by molar-refractivity contribution is -0.130. The quantitative estimate of drug-likeness (QED) is 0.645. The number of aromatic nitrogens is 2. The van der Waals surface area contributed by atoms with Crippen LogP contribution in [0.5, 0.6) is 0 Å². The van der Waals surface area contributed by atoms with E-state index in [0.29, 0.717) is 12.2 Å². The summed E-state index contributed by atoms with van der Waals surface area (Å²) in [6.07, 6.45) is 0. The van der Waals surface area contributed by atoms with Crippen molar-refractivity contribution in [2.24, 2.45) is 0 Å². The van der Waals surface area contributed by atoms with Crippen LogP contribution in [0.4, 0.5) is 0 Å². The molecule has 0 radical (unpaired) electrons. The maximum atomic E-state index is 12.0. The van der Waals surface area contributed by atoms with Crippen molar-refractivity contribution >= 4 is 17.8 Å². The fraction of sp³-hybridized carbons (Fsp3) is 0.294. The average Bonchev–Trinajstić information content (AvgIpc) is 3.11. The van der Waals surface area contributed by atoms with Crippen LogP contribution in [-0.2, 0) is 14.3 Å². The minimum absolute atomic E-state index is 0.142. The van der Waals surface area contributed by atoms with Crippen LogP contribution in [0.3, 0.4) is 0 Å². The molecule has 132 valence electrons. The molecule has 0 aliphatic heterocycles. The Morgan fingerprint density at radius 1 is 1.24 bits per heavy atom. The van der Waals surface area contributed by atoms with Crippen LogP contribution in [0.25, 0.3) is 11.3 Å². The standard InChI is InChI=1S/C17H20N4O4/c1-3-18-16(23)11(2)19-15(22)10-25-17(24)14-9-13(20-21-14)12-7-5-4-6-8-12/h4-9,11H,3,10H2,1-2H3,(H,18,23)(H,19,22)(H,20,21)/t11-/m1/s1. The average molecular weight is 344 g/mol. The number of ether oxygens (including phenoxy) is 1. The molecule has 2 aromatic rings. The van der Waals surface area contributed by atoms with Gasteiger partial charge in [-0.1, -0.05) is 30.3 Å². The van der Waals surface area contributed by atoms with Crippen LogP contribution in [0.15, 0.2) is 36.4 Å². The maximum Gasteiger partial charge on any atom is 0.356 e. The summed E-state index contributed by atoms with van der Waals surface area (Å²) in [6.45, 7) is 3.31. The Morgan fingerprint density at radius 3 is 2.64 bits per heavy atom. The van der Waals surface area contributed by atoms with Crippen LogP contribution in [-0.4, -0.2) is 47.2 Å². The highest BCUT2D eigenvalue weighted by atomic mass is 16.5. The highest BCUT2D eigenvalue weighted by molar-refractivity contribution is 5.92. The summed E-state index contributed by atoms with van der Waals surface area (Å²) in [5.74, 6) is -1.56. The van der Waals surface area contributed by atoms with Gasteiger partial charge in [-0.2, -0.15) is 5.10 Å². The number of rotatable bonds is 7. The van der Waals surface area contributed by atoms with Gasteiger partial charge in [0.15, 0.2) is 6.61 Å². The number of hydrogen-bond acceptors (Lipinski definition) is 5. The van der Waals surface area contributed by atoms with Crippen molar-refractivity contribution in [3.05, 3.63) is 42.1 Å². The van der Waals surface area contributed by atoms with Crippen molar-refractivity contribution in [3.8, 4) is 11.3 Å². The van der Waals surface area contributed by atoms with E-state index in [0.717, 1.165) is 5.56 Å². The van der Waals surface area contributed by atoms with Crippen molar-refractivity contribution in [1.82, 2.24) is 20.8 Å². The molecule has 0 saturated carbocycles. The highest BCUT2D eigenvalue weighted by Crippen LogP contribution is 2.17. The molecule has 25 heavy (non-hydrogen) atoms. The molecule has 0 saturated heterocycles. The Labute approximate surface area is 145 Å². The lowest BCUT2D eigenvalue weighted by Crippen LogP contribution is -2.46. The molecule has 0 unspecified atom stereocenters. The second-order valence-corrected chi connectivity index (χ2v) is 5.29. The monoisotopic (exact) mass is 344 g/mol. The van der Waals surface area contributed by atoms with Crippen LogP contribution < -0.4 is 10.6 Å². The van der Waals surface area contributed by atoms with Crippen LogP contribution in [0.1, 0.15) is 24.3 Å². The molecule has 2 amide bonds. The maximum absolute atomic E-state index is 12.0. The number of H-pyrrole nitrogens is 1. The third-order valence-corrected chi connectivity index (χ3v) is 3.32. The second-order valence-electron chi connectivity index (χ2n) is 5.29.